The van der Waals surface area contributed by atoms with Crippen molar-refractivity contribution in [3.63, 3.8) is 0 Å². The molecule has 0 spiro atoms. The molecule has 2 nitrogen and oxygen atoms in total. The summed E-state index contributed by atoms with van der Waals surface area (Å²) in [5.41, 5.74) is 0. The molecule has 0 saturated heterocycles. The Morgan fingerprint density at radius 2 is 2.05 bits per heavy atom. The lowest BCUT2D eigenvalue weighted by atomic mass is 9.92. The lowest BCUT2D eigenvalue weighted by Gasteiger charge is -2.32. The summed E-state index contributed by atoms with van der Waals surface area (Å²) in [6, 6.07) is 3.58. The van der Waals surface area contributed by atoms with E-state index in [0.29, 0.717) is 0 Å². The summed E-state index contributed by atoms with van der Waals surface area (Å²) in [7, 11) is 0. The second kappa shape index (κ2) is 6.85. The van der Waals surface area contributed by atoms with Gasteiger partial charge in [-0.05, 0) is 44.4 Å². The number of nitrogens with one attached hydrogen (secondary N) is 1. The highest BCUT2D eigenvalue weighted by atomic mass is 19.1. The number of ether oxygens (including phenoxy) is 1. The van der Waals surface area contributed by atoms with Crippen LogP contribution in [0.25, 0.3) is 0 Å². The SMILES string of the molecule is CCCNC1CCCCC1Oc1cc(F)ccc1F. The van der Waals surface area contributed by atoms with Crippen molar-refractivity contribution in [1.82, 2.24) is 5.32 Å². The number of hydrogen-bond donors (Lipinski definition) is 1. The normalized spacial score (nSPS) is 23.3. The van der Waals surface area contributed by atoms with Crippen molar-refractivity contribution in [3.8, 4) is 5.75 Å². The highest BCUT2D eigenvalue weighted by molar-refractivity contribution is 5.25. The molecular formula is C15H21F2NO. The Morgan fingerprint density at radius 1 is 1.26 bits per heavy atom. The number of halogens is 2. The van der Waals surface area contributed by atoms with Crippen LogP contribution in [0, 0.1) is 11.6 Å². The molecule has 0 aliphatic heterocycles. The van der Waals surface area contributed by atoms with E-state index in [4.69, 9.17) is 4.74 Å². The molecule has 1 aromatic rings. The maximum atomic E-state index is 13.6. The van der Waals surface area contributed by atoms with Crippen molar-refractivity contribution in [2.75, 3.05) is 6.54 Å². The zero-order valence-corrected chi connectivity index (χ0v) is 11.3. The highest BCUT2D eigenvalue weighted by Crippen LogP contribution is 2.26. The molecule has 0 heterocycles. The molecule has 1 N–H and O–H groups in total. The molecule has 0 radical (unpaired) electrons. The van der Waals surface area contributed by atoms with Gasteiger partial charge in [0, 0.05) is 12.1 Å². The Balaban J connectivity index is 2.04. The third-order valence-corrected chi connectivity index (χ3v) is 3.53. The van der Waals surface area contributed by atoms with Crippen molar-refractivity contribution < 1.29 is 13.5 Å². The fourth-order valence-corrected chi connectivity index (χ4v) is 2.53. The topological polar surface area (TPSA) is 21.3 Å². The zero-order chi connectivity index (χ0) is 13.7. The van der Waals surface area contributed by atoms with E-state index in [1.807, 2.05) is 0 Å². The first-order chi connectivity index (χ1) is 9.20. The molecule has 2 atom stereocenters. The molecular weight excluding hydrogens is 248 g/mol. The summed E-state index contributed by atoms with van der Waals surface area (Å²) in [5.74, 6) is -0.943. The van der Waals surface area contributed by atoms with Gasteiger partial charge in [-0.2, -0.15) is 0 Å². The third-order valence-electron chi connectivity index (χ3n) is 3.53. The highest BCUT2D eigenvalue weighted by Gasteiger charge is 2.27. The molecule has 19 heavy (non-hydrogen) atoms. The summed E-state index contributed by atoms with van der Waals surface area (Å²) in [6.45, 7) is 3.04. The van der Waals surface area contributed by atoms with Gasteiger partial charge in [0.15, 0.2) is 11.6 Å². The number of hydrogen-bond acceptors (Lipinski definition) is 2. The Bertz CT molecular complexity index is 411. The van der Waals surface area contributed by atoms with Gasteiger partial charge in [0.05, 0.1) is 0 Å². The minimum Gasteiger partial charge on any atom is -0.486 e. The van der Waals surface area contributed by atoms with Crippen LogP contribution in [-0.4, -0.2) is 18.7 Å². The second-order valence-electron chi connectivity index (χ2n) is 5.08. The summed E-state index contributed by atoms with van der Waals surface area (Å²) in [5, 5.41) is 3.43. The van der Waals surface area contributed by atoms with Crippen LogP contribution in [0.1, 0.15) is 39.0 Å². The van der Waals surface area contributed by atoms with Gasteiger partial charge < -0.3 is 10.1 Å². The Labute approximate surface area is 113 Å². The van der Waals surface area contributed by atoms with Crippen molar-refractivity contribution in [2.45, 2.75) is 51.2 Å². The van der Waals surface area contributed by atoms with Gasteiger partial charge in [0.1, 0.15) is 11.9 Å². The summed E-state index contributed by atoms with van der Waals surface area (Å²) >= 11 is 0. The van der Waals surface area contributed by atoms with Gasteiger partial charge >= 0.3 is 0 Å². The average molecular weight is 269 g/mol. The van der Waals surface area contributed by atoms with E-state index in [1.54, 1.807) is 0 Å². The molecule has 0 bridgehead atoms. The monoisotopic (exact) mass is 269 g/mol. The van der Waals surface area contributed by atoms with Gasteiger partial charge in [-0.15, -0.1) is 0 Å². The van der Waals surface area contributed by atoms with Crippen LogP contribution in [0.3, 0.4) is 0 Å². The minimum atomic E-state index is -0.499. The predicted octanol–water partition coefficient (Wildman–Crippen LogP) is 3.65. The van der Waals surface area contributed by atoms with Crippen molar-refractivity contribution >= 4 is 0 Å². The molecule has 0 aromatic heterocycles. The van der Waals surface area contributed by atoms with Crippen LogP contribution in [-0.2, 0) is 0 Å². The minimum absolute atomic E-state index is 0.0233. The molecule has 1 fully saturated rings. The van der Waals surface area contributed by atoms with Crippen molar-refractivity contribution in [3.05, 3.63) is 29.8 Å². The summed E-state index contributed by atoms with van der Waals surface area (Å²) < 4.78 is 32.4. The van der Waals surface area contributed by atoms with E-state index in [-0.39, 0.29) is 17.9 Å². The molecule has 0 amide bonds. The first-order valence-electron chi connectivity index (χ1n) is 7.05. The van der Waals surface area contributed by atoms with Crippen molar-refractivity contribution in [1.29, 1.82) is 0 Å². The van der Waals surface area contributed by atoms with E-state index in [2.05, 4.69) is 12.2 Å². The lowest BCUT2D eigenvalue weighted by Crippen LogP contribution is -2.45. The number of rotatable bonds is 5. The second-order valence-corrected chi connectivity index (χ2v) is 5.08. The van der Waals surface area contributed by atoms with E-state index in [1.165, 1.54) is 0 Å². The fraction of sp³-hybridized carbons (Fsp3) is 0.600. The quantitative estimate of drug-likeness (QED) is 0.881. The largest absolute Gasteiger partial charge is 0.486 e. The zero-order valence-electron chi connectivity index (χ0n) is 11.3. The van der Waals surface area contributed by atoms with Crippen LogP contribution < -0.4 is 10.1 Å². The van der Waals surface area contributed by atoms with E-state index >= 15 is 0 Å². The molecule has 4 heteroatoms. The standard InChI is InChI=1S/C15H21F2NO/c1-2-9-18-13-5-3-4-6-14(13)19-15-10-11(16)7-8-12(15)17/h7-8,10,13-14,18H,2-6,9H2,1H3. The maximum absolute atomic E-state index is 13.6. The van der Waals surface area contributed by atoms with Crippen LogP contribution in [0.4, 0.5) is 8.78 Å². The maximum Gasteiger partial charge on any atom is 0.165 e. The summed E-state index contributed by atoms with van der Waals surface area (Å²) in [6.07, 6.45) is 5.13. The Kier molecular flexibility index (Phi) is 5.14. The van der Waals surface area contributed by atoms with Gasteiger partial charge in [-0.1, -0.05) is 13.3 Å². The van der Waals surface area contributed by atoms with E-state index in [0.717, 1.165) is 56.8 Å². The van der Waals surface area contributed by atoms with Crippen LogP contribution in [0.2, 0.25) is 0 Å². The Morgan fingerprint density at radius 3 is 2.84 bits per heavy atom. The third kappa shape index (κ3) is 3.90. The number of benzene rings is 1. The summed E-state index contributed by atoms with van der Waals surface area (Å²) in [4.78, 5) is 0. The van der Waals surface area contributed by atoms with Gasteiger partial charge in [0.25, 0.3) is 0 Å². The molecule has 106 valence electrons. The molecule has 1 aliphatic carbocycles. The van der Waals surface area contributed by atoms with Crippen molar-refractivity contribution in [2.24, 2.45) is 0 Å². The molecule has 2 rings (SSSR count). The first kappa shape index (κ1) is 14.3. The van der Waals surface area contributed by atoms with Gasteiger partial charge in [-0.3, -0.25) is 0 Å². The fourth-order valence-electron chi connectivity index (χ4n) is 2.53. The van der Waals surface area contributed by atoms with Gasteiger partial charge in [-0.25, -0.2) is 8.78 Å². The van der Waals surface area contributed by atoms with Gasteiger partial charge in [0.2, 0.25) is 0 Å². The molecule has 2 unspecified atom stereocenters. The molecule has 1 aliphatic rings. The smallest absolute Gasteiger partial charge is 0.165 e. The average Bonchev–Trinajstić information content (AvgIpc) is 2.42. The van der Waals surface area contributed by atoms with E-state index < -0.39 is 11.6 Å². The molecule has 1 saturated carbocycles. The van der Waals surface area contributed by atoms with Crippen LogP contribution >= 0.6 is 0 Å². The Hall–Kier alpha value is -1.16. The lowest BCUT2D eigenvalue weighted by molar-refractivity contribution is 0.109. The van der Waals surface area contributed by atoms with E-state index in [9.17, 15) is 8.78 Å². The first-order valence-corrected chi connectivity index (χ1v) is 7.05. The van der Waals surface area contributed by atoms with Crippen LogP contribution in [0.15, 0.2) is 18.2 Å². The molecule has 1 aromatic carbocycles. The van der Waals surface area contributed by atoms with Crippen LogP contribution in [0.5, 0.6) is 5.75 Å². The predicted molar refractivity (Wildman–Crippen MR) is 71.3 cm³/mol.